The van der Waals surface area contributed by atoms with Crippen molar-refractivity contribution in [3.05, 3.63) is 0 Å². The minimum Gasteiger partial charge on any atom is -0.391 e. The second-order valence-corrected chi connectivity index (χ2v) is 6.20. The summed E-state index contributed by atoms with van der Waals surface area (Å²) in [6.45, 7) is 7.30. The van der Waals surface area contributed by atoms with Gasteiger partial charge in [0.25, 0.3) is 0 Å². The van der Waals surface area contributed by atoms with Crippen molar-refractivity contribution in [1.29, 1.82) is 0 Å². The molecule has 0 aromatic rings. The fraction of sp³-hybridized carbons (Fsp3) is 1.00. The van der Waals surface area contributed by atoms with Gasteiger partial charge in [-0.25, -0.2) is 0 Å². The first-order valence-corrected chi connectivity index (χ1v) is 7.43. The van der Waals surface area contributed by atoms with E-state index >= 15 is 0 Å². The van der Waals surface area contributed by atoms with Crippen LogP contribution >= 0.6 is 0 Å². The van der Waals surface area contributed by atoms with Crippen molar-refractivity contribution in [1.82, 2.24) is 4.90 Å². The Morgan fingerprint density at radius 2 is 1.74 bits per heavy atom. The van der Waals surface area contributed by atoms with Gasteiger partial charge in [0.1, 0.15) is 0 Å². The number of aliphatic hydroxyl groups is 1. The summed E-state index contributed by atoms with van der Waals surface area (Å²) in [5, 5.41) is 10.3. The molecule has 3 aliphatic rings. The van der Waals surface area contributed by atoms with Crippen molar-refractivity contribution < 1.29 is 19.3 Å². The molecule has 19 heavy (non-hydrogen) atoms. The van der Waals surface area contributed by atoms with Gasteiger partial charge in [-0.2, -0.15) is 0 Å². The van der Waals surface area contributed by atoms with Crippen LogP contribution in [0.15, 0.2) is 0 Å². The third-order valence-corrected chi connectivity index (χ3v) is 4.52. The van der Waals surface area contributed by atoms with E-state index in [-0.39, 0.29) is 24.4 Å². The van der Waals surface area contributed by atoms with Crippen molar-refractivity contribution in [2.75, 3.05) is 26.3 Å². The van der Waals surface area contributed by atoms with Gasteiger partial charge in [-0.3, -0.25) is 4.90 Å². The molecular formula is C14H25NO4. The molecular weight excluding hydrogens is 246 g/mol. The SMILES string of the molecule is CC1CN(C2CC3(CCC2O)OCCO3)CC(C)O1. The van der Waals surface area contributed by atoms with E-state index in [4.69, 9.17) is 14.2 Å². The summed E-state index contributed by atoms with van der Waals surface area (Å²) in [7, 11) is 0. The monoisotopic (exact) mass is 271 g/mol. The van der Waals surface area contributed by atoms with E-state index in [9.17, 15) is 5.11 Å². The molecule has 0 aromatic heterocycles. The predicted octanol–water partition coefficient (Wildman–Crippen LogP) is 0.752. The van der Waals surface area contributed by atoms with Crippen LogP contribution in [0.1, 0.15) is 33.1 Å². The zero-order valence-corrected chi connectivity index (χ0v) is 11.9. The van der Waals surface area contributed by atoms with Gasteiger partial charge in [-0.05, 0) is 20.3 Å². The number of morpholine rings is 1. The van der Waals surface area contributed by atoms with Gasteiger partial charge >= 0.3 is 0 Å². The van der Waals surface area contributed by atoms with Crippen molar-refractivity contribution >= 4 is 0 Å². The van der Waals surface area contributed by atoms with Crippen molar-refractivity contribution in [3.8, 4) is 0 Å². The molecule has 5 nitrogen and oxygen atoms in total. The molecule has 0 bridgehead atoms. The summed E-state index contributed by atoms with van der Waals surface area (Å²) in [5.41, 5.74) is 0. The van der Waals surface area contributed by atoms with Crippen LogP contribution < -0.4 is 0 Å². The van der Waals surface area contributed by atoms with Crippen LogP contribution in [-0.4, -0.2) is 66.5 Å². The molecule has 0 amide bonds. The Hall–Kier alpha value is -0.200. The molecule has 3 fully saturated rings. The number of rotatable bonds is 1. The lowest BCUT2D eigenvalue weighted by Crippen LogP contribution is -2.58. The molecule has 2 aliphatic heterocycles. The highest BCUT2D eigenvalue weighted by Crippen LogP contribution is 2.38. The molecule has 4 atom stereocenters. The molecule has 1 N–H and O–H groups in total. The second-order valence-electron chi connectivity index (χ2n) is 6.20. The quantitative estimate of drug-likeness (QED) is 0.763. The van der Waals surface area contributed by atoms with Crippen molar-refractivity contribution in [3.63, 3.8) is 0 Å². The Balaban J connectivity index is 1.70. The fourth-order valence-electron chi connectivity index (χ4n) is 3.74. The summed E-state index contributed by atoms with van der Waals surface area (Å²) in [6, 6.07) is 0.126. The van der Waals surface area contributed by atoms with Gasteiger partial charge in [0.05, 0.1) is 31.5 Å². The minimum atomic E-state index is -0.436. The number of hydrogen-bond donors (Lipinski definition) is 1. The molecule has 110 valence electrons. The van der Waals surface area contributed by atoms with Crippen LogP contribution in [0.4, 0.5) is 0 Å². The van der Waals surface area contributed by atoms with Gasteiger partial charge in [0.15, 0.2) is 5.79 Å². The smallest absolute Gasteiger partial charge is 0.170 e. The first-order valence-electron chi connectivity index (χ1n) is 7.43. The summed E-state index contributed by atoms with van der Waals surface area (Å²) < 4.78 is 17.4. The molecule has 2 heterocycles. The Labute approximate surface area is 114 Å². The molecule has 0 radical (unpaired) electrons. The van der Waals surface area contributed by atoms with E-state index in [1.54, 1.807) is 0 Å². The number of hydrogen-bond acceptors (Lipinski definition) is 5. The van der Waals surface area contributed by atoms with Gasteiger partial charge in [-0.15, -0.1) is 0 Å². The third kappa shape index (κ3) is 2.81. The lowest BCUT2D eigenvalue weighted by Gasteiger charge is -2.47. The van der Waals surface area contributed by atoms with Crippen LogP contribution in [0.2, 0.25) is 0 Å². The predicted molar refractivity (Wildman–Crippen MR) is 69.9 cm³/mol. The number of ether oxygens (including phenoxy) is 3. The summed E-state index contributed by atoms with van der Waals surface area (Å²) in [4.78, 5) is 2.36. The Morgan fingerprint density at radius 1 is 1.11 bits per heavy atom. The van der Waals surface area contributed by atoms with E-state index < -0.39 is 5.79 Å². The third-order valence-electron chi connectivity index (χ3n) is 4.52. The van der Waals surface area contributed by atoms with Gasteiger partial charge in [0.2, 0.25) is 0 Å². The molecule has 1 aliphatic carbocycles. The molecule has 1 saturated carbocycles. The first kappa shape index (κ1) is 13.8. The maximum absolute atomic E-state index is 10.3. The van der Waals surface area contributed by atoms with Crippen LogP contribution in [0.25, 0.3) is 0 Å². The molecule has 1 spiro atoms. The average Bonchev–Trinajstić information content (AvgIpc) is 2.80. The molecule has 5 heteroatoms. The Kier molecular flexibility index (Phi) is 3.84. The Morgan fingerprint density at radius 3 is 2.37 bits per heavy atom. The summed E-state index contributed by atoms with van der Waals surface area (Å²) in [5.74, 6) is -0.436. The van der Waals surface area contributed by atoms with E-state index in [0.717, 1.165) is 32.4 Å². The highest BCUT2D eigenvalue weighted by atomic mass is 16.7. The highest BCUT2D eigenvalue weighted by Gasteiger charge is 2.47. The van der Waals surface area contributed by atoms with E-state index in [1.807, 2.05) is 0 Å². The lowest BCUT2D eigenvalue weighted by molar-refractivity contribution is -0.212. The first-order chi connectivity index (χ1) is 9.08. The van der Waals surface area contributed by atoms with E-state index in [0.29, 0.717) is 13.2 Å². The van der Waals surface area contributed by atoms with Crippen molar-refractivity contribution in [2.24, 2.45) is 0 Å². The zero-order chi connectivity index (χ0) is 13.5. The average molecular weight is 271 g/mol. The summed E-state index contributed by atoms with van der Waals surface area (Å²) in [6.07, 6.45) is 2.49. The van der Waals surface area contributed by atoms with Crippen LogP contribution in [0, 0.1) is 0 Å². The maximum Gasteiger partial charge on any atom is 0.170 e. The summed E-state index contributed by atoms with van der Waals surface area (Å²) >= 11 is 0. The largest absolute Gasteiger partial charge is 0.391 e. The maximum atomic E-state index is 10.3. The van der Waals surface area contributed by atoms with Gasteiger partial charge in [0, 0.05) is 32.0 Å². The topological polar surface area (TPSA) is 51.2 Å². The normalized spacial score (nSPS) is 43.7. The molecule has 0 aromatic carbocycles. The van der Waals surface area contributed by atoms with E-state index in [1.165, 1.54) is 0 Å². The van der Waals surface area contributed by atoms with Crippen LogP contribution in [0.3, 0.4) is 0 Å². The van der Waals surface area contributed by atoms with Crippen molar-refractivity contribution in [2.45, 2.75) is 63.3 Å². The number of aliphatic hydroxyl groups excluding tert-OH is 1. The lowest BCUT2D eigenvalue weighted by atomic mass is 9.86. The standard InChI is InChI=1S/C14H25NO4/c1-10-8-15(9-11(2)19-10)12-7-14(4-3-13(12)16)17-5-6-18-14/h10-13,16H,3-9H2,1-2H3. The van der Waals surface area contributed by atoms with E-state index in [2.05, 4.69) is 18.7 Å². The molecule has 4 unspecified atom stereocenters. The van der Waals surface area contributed by atoms with Gasteiger partial charge < -0.3 is 19.3 Å². The minimum absolute atomic E-state index is 0.126. The van der Waals surface area contributed by atoms with Gasteiger partial charge in [-0.1, -0.05) is 0 Å². The van der Waals surface area contributed by atoms with Crippen LogP contribution in [0.5, 0.6) is 0 Å². The number of nitrogens with zero attached hydrogens (tertiary/aromatic N) is 1. The van der Waals surface area contributed by atoms with Crippen LogP contribution in [-0.2, 0) is 14.2 Å². The zero-order valence-electron chi connectivity index (χ0n) is 11.9. The molecule has 3 rings (SSSR count). The fourth-order valence-corrected chi connectivity index (χ4v) is 3.74. The molecule has 2 saturated heterocycles. The highest BCUT2D eigenvalue weighted by molar-refractivity contribution is 4.94. The second kappa shape index (κ2) is 5.30. The Bertz CT molecular complexity index is 309.